The van der Waals surface area contributed by atoms with Gasteiger partial charge in [-0.05, 0) is 43.6 Å². The Balaban J connectivity index is 1.48. The summed E-state index contributed by atoms with van der Waals surface area (Å²) in [5, 5.41) is 14.1. The Labute approximate surface area is 153 Å². The molecule has 5 heteroatoms. The molecule has 2 N–H and O–H groups in total. The number of benzene rings is 1. The molecule has 3 heterocycles. The summed E-state index contributed by atoms with van der Waals surface area (Å²) in [5.74, 6) is 0. The van der Waals surface area contributed by atoms with Crippen LogP contribution >= 0.6 is 0 Å². The van der Waals surface area contributed by atoms with Crippen molar-refractivity contribution >= 4 is 10.9 Å². The van der Waals surface area contributed by atoms with Crippen LogP contribution < -0.4 is 5.32 Å². The molecule has 0 amide bonds. The first-order valence-electron chi connectivity index (χ1n) is 9.23. The minimum Gasteiger partial charge on any atom is -0.353 e. The topological polar surface area (TPSA) is 67.7 Å². The van der Waals surface area contributed by atoms with Gasteiger partial charge in [0.05, 0.1) is 11.3 Å². The number of nitriles is 1. The summed E-state index contributed by atoms with van der Waals surface area (Å²) >= 11 is 0. The maximum Gasteiger partial charge on any atom is 0.102 e. The number of rotatable bonds is 6. The zero-order chi connectivity index (χ0) is 17.8. The molecule has 132 valence electrons. The smallest absolute Gasteiger partial charge is 0.102 e. The highest BCUT2D eigenvalue weighted by molar-refractivity contribution is 5.93. The second-order valence-electron chi connectivity index (χ2n) is 6.84. The highest BCUT2D eigenvalue weighted by Gasteiger charge is 2.13. The van der Waals surface area contributed by atoms with Crippen molar-refractivity contribution < 1.29 is 0 Å². The third-order valence-corrected chi connectivity index (χ3v) is 5.03. The van der Waals surface area contributed by atoms with E-state index in [1.165, 1.54) is 25.9 Å². The fourth-order valence-electron chi connectivity index (χ4n) is 3.67. The highest BCUT2D eigenvalue weighted by Crippen LogP contribution is 2.29. The van der Waals surface area contributed by atoms with Gasteiger partial charge in [0.25, 0.3) is 0 Å². The molecule has 1 fully saturated rings. The van der Waals surface area contributed by atoms with Crippen LogP contribution in [0, 0.1) is 11.3 Å². The van der Waals surface area contributed by atoms with Crippen molar-refractivity contribution in [3.05, 3.63) is 53.9 Å². The van der Waals surface area contributed by atoms with Gasteiger partial charge in [-0.1, -0.05) is 18.2 Å². The summed E-state index contributed by atoms with van der Waals surface area (Å²) in [6.07, 6.45) is 6.37. The first kappa shape index (κ1) is 16.8. The van der Waals surface area contributed by atoms with E-state index in [1.807, 2.05) is 36.7 Å². The van der Waals surface area contributed by atoms with Gasteiger partial charge in [0.15, 0.2) is 0 Å². The van der Waals surface area contributed by atoms with Gasteiger partial charge in [0, 0.05) is 48.5 Å². The zero-order valence-electron chi connectivity index (χ0n) is 14.8. The van der Waals surface area contributed by atoms with Crippen LogP contribution in [0.15, 0.2) is 42.7 Å². The zero-order valence-corrected chi connectivity index (χ0v) is 14.8. The molecule has 3 aromatic rings. The monoisotopic (exact) mass is 345 g/mol. The lowest BCUT2D eigenvalue weighted by atomic mass is 10.1. The number of para-hydroxylation sites is 1. The number of pyridine rings is 1. The number of H-pyrrole nitrogens is 1. The quantitative estimate of drug-likeness (QED) is 0.673. The predicted molar refractivity (Wildman–Crippen MR) is 104 cm³/mol. The Hall–Kier alpha value is -2.68. The molecule has 0 spiro atoms. The SMILES string of the molecule is N#Cc1c(-c2cncc(CNCCN3CCCC3)c2)[nH]c2ccccc12. The second-order valence-corrected chi connectivity index (χ2v) is 6.84. The van der Waals surface area contributed by atoms with Crippen molar-refractivity contribution in [2.45, 2.75) is 19.4 Å². The number of hydrogen-bond acceptors (Lipinski definition) is 4. The van der Waals surface area contributed by atoms with E-state index in [2.05, 4.69) is 32.3 Å². The summed E-state index contributed by atoms with van der Waals surface area (Å²) < 4.78 is 0. The highest BCUT2D eigenvalue weighted by atomic mass is 15.1. The van der Waals surface area contributed by atoms with Gasteiger partial charge in [-0.2, -0.15) is 5.26 Å². The third kappa shape index (κ3) is 3.48. The Morgan fingerprint density at radius 1 is 1.19 bits per heavy atom. The van der Waals surface area contributed by atoms with Crippen LogP contribution in [0.3, 0.4) is 0 Å². The lowest BCUT2D eigenvalue weighted by Crippen LogP contribution is -2.29. The number of aromatic amines is 1. The number of nitrogens with zero attached hydrogens (tertiary/aromatic N) is 3. The molecule has 4 rings (SSSR count). The van der Waals surface area contributed by atoms with Crippen LogP contribution in [-0.4, -0.2) is 41.0 Å². The fraction of sp³-hybridized carbons (Fsp3) is 0.333. The van der Waals surface area contributed by atoms with Gasteiger partial charge >= 0.3 is 0 Å². The molecule has 1 saturated heterocycles. The van der Waals surface area contributed by atoms with Gasteiger partial charge in [-0.15, -0.1) is 0 Å². The number of aromatic nitrogens is 2. The summed E-state index contributed by atoms with van der Waals surface area (Å²) in [5.41, 5.74) is 4.60. The van der Waals surface area contributed by atoms with E-state index in [4.69, 9.17) is 0 Å². The Morgan fingerprint density at radius 3 is 2.88 bits per heavy atom. The van der Waals surface area contributed by atoms with E-state index in [-0.39, 0.29) is 0 Å². The first-order valence-corrected chi connectivity index (χ1v) is 9.23. The molecular formula is C21H23N5. The van der Waals surface area contributed by atoms with Crippen LogP contribution in [0.4, 0.5) is 0 Å². The van der Waals surface area contributed by atoms with E-state index in [9.17, 15) is 5.26 Å². The molecule has 5 nitrogen and oxygen atoms in total. The first-order chi connectivity index (χ1) is 12.8. The summed E-state index contributed by atoms with van der Waals surface area (Å²) in [4.78, 5) is 10.3. The number of nitrogens with one attached hydrogen (secondary N) is 2. The van der Waals surface area contributed by atoms with E-state index in [0.717, 1.165) is 47.4 Å². The lowest BCUT2D eigenvalue weighted by Gasteiger charge is -2.14. The maximum atomic E-state index is 9.61. The standard InChI is InChI=1S/C21H23N5/c22-12-19-18-5-1-2-6-20(18)25-21(19)17-11-16(14-24-15-17)13-23-7-10-26-8-3-4-9-26/h1-2,5-6,11,14-15,23,25H,3-4,7-10,13H2. The summed E-state index contributed by atoms with van der Waals surface area (Å²) in [6, 6.07) is 12.4. The largest absolute Gasteiger partial charge is 0.353 e. The van der Waals surface area contributed by atoms with Crippen LogP contribution in [0.25, 0.3) is 22.2 Å². The van der Waals surface area contributed by atoms with Crippen molar-refractivity contribution in [2.24, 2.45) is 0 Å². The molecule has 1 aromatic carbocycles. The Kier molecular flexibility index (Phi) is 4.96. The fourth-order valence-corrected chi connectivity index (χ4v) is 3.67. The number of fused-ring (bicyclic) bond motifs is 1. The second kappa shape index (κ2) is 7.69. The van der Waals surface area contributed by atoms with Crippen molar-refractivity contribution in [3.63, 3.8) is 0 Å². The molecular weight excluding hydrogens is 322 g/mol. The van der Waals surface area contributed by atoms with Crippen LogP contribution in [0.5, 0.6) is 0 Å². The molecule has 0 saturated carbocycles. The lowest BCUT2D eigenvalue weighted by molar-refractivity contribution is 0.335. The summed E-state index contributed by atoms with van der Waals surface area (Å²) in [6.45, 7) is 5.34. The maximum absolute atomic E-state index is 9.61. The molecule has 26 heavy (non-hydrogen) atoms. The average molecular weight is 345 g/mol. The predicted octanol–water partition coefficient (Wildman–Crippen LogP) is 3.29. The van der Waals surface area contributed by atoms with Gasteiger partial charge in [0.2, 0.25) is 0 Å². The Morgan fingerprint density at radius 2 is 2.04 bits per heavy atom. The van der Waals surface area contributed by atoms with E-state index < -0.39 is 0 Å². The molecule has 0 radical (unpaired) electrons. The average Bonchev–Trinajstić information content (AvgIpc) is 3.32. The number of hydrogen-bond donors (Lipinski definition) is 2. The van der Waals surface area contributed by atoms with Crippen LogP contribution in [-0.2, 0) is 6.54 Å². The third-order valence-electron chi connectivity index (χ3n) is 5.03. The van der Waals surface area contributed by atoms with Crippen LogP contribution in [0.2, 0.25) is 0 Å². The molecule has 1 aliphatic heterocycles. The van der Waals surface area contributed by atoms with E-state index in [0.29, 0.717) is 5.56 Å². The molecule has 0 atom stereocenters. The molecule has 2 aromatic heterocycles. The normalized spacial score (nSPS) is 14.7. The van der Waals surface area contributed by atoms with Crippen molar-refractivity contribution in [3.8, 4) is 17.3 Å². The molecule has 1 aliphatic rings. The van der Waals surface area contributed by atoms with Gasteiger partial charge in [-0.3, -0.25) is 4.98 Å². The molecule has 0 bridgehead atoms. The number of likely N-dealkylation sites (tertiary alicyclic amines) is 1. The van der Waals surface area contributed by atoms with Gasteiger partial charge in [0.1, 0.15) is 6.07 Å². The van der Waals surface area contributed by atoms with Crippen molar-refractivity contribution in [1.82, 2.24) is 20.2 Å². The Bertz CT molecular complexity index is 931. The minimum absolute atomic E-state index is 0.682. The van der Waals surface area contributed by atoms with Gasteiger partial charge in [-0.25, -0.2) is 0 Å². The molecule has 0 aliphatic carbocycles. The molecule has 0 unspecified atom stereocenters. The van der Waals surface area contributed by atoms with Crippen molar-refractivity contribution in [1.29, 1.82) is 5.26 Å². The minimum atomic E-state index is 0.682. The van der Waals surface area contributed by atoms with E-state index >= 15 is 0 Å². The summed E-state index contributed by atoms with van der Waals surface area (Å²) in [7, 11) is 0. The van der Waals surface area contributed by atoms with Gasteiger partial charge < -0.3 is 15.2 Å². The van der Waals surface area contributed by atoms with Crippen LogP contribution in [0.1, 0.15) is 24.0 Å². The van der Waals surface area contributed by atoms with Crippen molar-refractivity contribution in [2.75, 3.05) is 26.2 Å². The van der Waals surface area contributed by atoms with E-state index in [1.54, 1.807) is 0 Å².